The number of aromatic nitrogens is 1. The Labute approximate surface area is 199 Å². The molecule has 2 aromatic rings. The predicted molar refractivity (Wildman–Crippen MR) is 118 cm³/mol. The van der Waals surface area contributed by atoms with Crippen LogP contribution < -0.4 is 4.18 Å². The number of rotatable bonds is 8. The van der Waals surface area contributed by atoms with E-state index in [0.717, 1.165) is 0 Å². The van der Waals surface area contributed by atoms with Crippen LogP contribution in [0.25, 0.3) is 11.1 Å². The summed E-state index contributed by atoms with van der Waals surface area (Å²) < 4.78 is 71.8. The maximum atomic E-state index is 13.0. The van der Waals surface area contributed by atoms with E-state index in [2.05, 4.69) is 14.3 Å². The molecule has 3 rings (SSSR count). The normalized spacial score (nSPS) is 20.4. The van der Waals surface area contributed by atoms with Crippen LogP contribution in [-0.2, 0) is 14.9 Å². The van der Waals surface area contributed by atoms with E-state index in [1.807, 2.05) is 13.8 Å². The highest BCUT2D eigenvalue weighted by Crippen LogP contribution is 2.58. The number of halogens is 3. The molecule has 0 saturated heterocycles. The van der Waals surface area contributed by atoms with Gasteiger partial charge < -0.3 is 14.0 Å². The molecular formula is C22H22F3N3O6S. The van der Waals surface area contributed by atoms with Gasteiger partial charge in [0, 0.05) is 30.7 Å². The molecule has 9 nitrogen and oxygen atoms in total. The molecule has 188 valence electrons. The molecule has 0 spiro atoms. The van der Waals surface area contributed by atoms with Crippen molar-refractivity contribution >= 4 is 15.8 Å². The minimum Gasteiger partial charge on any atom is -0.368 e. The second kappa shape index (κ2) is 9.52. The number of hydrogen-bond donors (Lipinski definition) is 1. The van der Waals surface area contributed by atoms with Crippen molar-refractivity contribution in [3.63, 3.8) is 0 Å². The minimum atomic E-state index is -6.10. The van der Waals surface area contributed by atoms with Gasteiger partial charge in [0.2, 0.25) is 0 Å². The lowest BCUT2D eigenvalue weighted by Crippen LogP contribution is -2.45. The first-order chi connectivity index (χ1) is 16.2. The highest BCUT2D eigenvalue weighted by atomic mass is 32.2. The summed E-state index contributed by atoms with van der Waals surface area (Å²) in [4.78, 5) is 14.8. The third-order valence-electron chi connectivity index (χ3n) is 6.46. The molecule has 35 heavy (non-hydrogen) atoms. The molecule has 0 bridgehead atoms. The second-order valence-electron chi connectivity index (χ2n) is 8.74. The number of ether oxygens (including phenoxy) is 1. The Balaban J connectivity index is 2.14. The molecule has 1 fully saturated rings. The smallest absolute Gasteiger partial charge is 0.368 e. The Morgan fingerprint density at radius 3 is 2.43 bits per heavy atom. The van der Waals surface area contributed by atoms with E-state index in [1.165, 1.54) is 37.4 Å². The van der Waals surface area contributed by atoms with Crippen molar-refractivity contribution in [2.24, 2.45) is 16.5 Å². The fraction of sp³-hybridized carbons (Fsp3) is 0.455. The van der Waals surface area contributed by atoms with Crippen molar-refractivity contribution in [1.29, 1.82) is 5.26 Å². The van der Waals surface area contributed by atoms with Crippen LogP contribution in [0.2, 0.25) is 0 Å². The third kappa shape index (κ3) is 5.14. The second-order valence-corrected chi connectivity index (χ2v) is 10.3. The van der Waals surface area contributed by atoms with Crippen LogP contribution in [-0.4, -0.2) is 37.4 Å². The predicted octanol–water partition coefficient (Wildman–Crippen LogP) is 4.73. The van der Waals surface area contributed by atoms with Gasteiger partial charge in [-0.3, -0.25) is 0 Å². The summed E-state index contributed by atoms with van der Waals surface area (Å²) in [6.45, 7) is 3.76. The summed E-state index contributed by atoms with van der Waals surface area (Å²) in [6, 6.07) is 8.68. The minimum absolute atomic E-state index is 0.0235. The number of nitroso groups, excluding NO2 is 1. The molecule has 0 aliphatic heterocycles. The monoisotopic (exact) mass is 513 g/mol. The zero-order valence-electron chi connectivity index (χ0n) is 18.9. The molecule has 1 aromatic heterocycles. The van der Waals surface area contributed by atoms with Crippen molar-refractivity contribution in [2.45, 2.75) is 44.4 Å². The van der Waals surface area contributed by atoms with Crippen molar-refractivity contribution in [2.75, 3.05) is 7.11 Å². The van der Waals surface area contributed by atoms with E-state index in [4.69, 9.17) is 4.74 Å². The average Bonchev–Trinajstić information content (AvgIpc) is 2.79. The molecule has 13 heteroatoms. The van der Waals surface area contributed by atoms with E-state index in [-0.39, 0.29) is 28.8 Å². The van der Waals surface area contributed by atoms with Crippen molar-refractivity contribution in [3.8, 4) is 23.1 Å². The first-order valence-corrected chi connectivity index (χ1v) is 11.8. The summed E-state index contributed by atoms with van der Waals surface area (Å²) in [5.41, 5.74) is -6.05. The average molecular weight is 513 g/mol. The van der Waals surface area contributed by atoms with Gasteiger partial charge >= 0.3 is 15.6 Å². The number of methoxy groups -OCH3 is 1. The number of benzene rings is 1. The number of aliphatic hydroxyl groups is 1. The van der Waals surface area contributed by atoms with Gasteiger partial charge in [-0.15, -0.1) is 4.91 Å². The van der Waals surface area contributed by atoms with Crippen molar-refractivity contribution < 1.29 is 35.6 Å². The zero-order chi connectivity index (χ0) is 26.2. The maximum absolute atomic E-state index is 13.0. The van der Waals surface area contributed by atoms with E-state index < -0.39 is 38.8 Å². The van der Waals surface area contributed by atoms with E-state index >= 15 is 0 Å². The Bertz CT molecular complexity index is 1260. The molecule has 1 unspecified atom stereocenters. The number of pyridine rings is 1. The third-order valence-corrected chi connectivity index (χ3v) is 7.40. The molecule has 0 radical (unpaired) electrons. The van der Waals surface area contributed by atoms with Crippen LogP contribution in [0.3, 0.4) is 0 Å². The van der Waals surface area contributed by atoms with E-state index in [9.17, 15) is 36.9 Å². The Morgan fingerprint density at radius 2 is 1.94 bits per heavy atom. The fourth-order valence-electron chi connectivity index (χ4n) is 4.23. The topological polar surface area (TPSA) is 139 Å². The Morgan fingerprint density at radius 1 is 1.31 bits per heavy atom. The van der Waals surface area contributed by atoms with Crippen LogP contribution in [0.4, 0.5) is 18.9 Å². The van der Waals surface area contributed by atoms with Crippen LogP contribution >= 0.6 is 0 Å². The fourth-order valence-corrected chi connectivity index (χ4v) is 4.65. The lowest BCUT2D eigenvalue weighted by atomic mass is 9.52. The molecule has 1 N–H and O–H groups in total. The number of alkyl halides is 3. The summed E-state index contributed by atoms with van der Waals surface area (Å²) in [5, 5.41) is 22.3. The van der Waals surface area contributed by atoms with Crippen LogP contribution in [0.15, 0.2) is 35.5 Å². The van der Waals surface area contributed by atoms with E-state index in [1.54, 1.807) is 6.07 Å². The zero-order valence-corrected chi connectivity index (χ0v) is 19.7. The quantitative estimate of drug-likeness (QED) is 0.231. The highest BCUT2D eigenvalue weighted by Gasteiger charge is 2.51. The van der Waals surface area contributed by atoms with Gasteiger partial charge in [0.05, 0.1) is 0 Å². The van der Waals surface area contributed by atoms with Gasteiger partial charge in [-0.1, -0.05) is 26.0 Å². The summed E-state index contributed by atoms with van der Waals surface area (Å²) in [7, 11) is -4.74. The summed E-state index contributed by atoms with van der Waals surface area (Å²) in [6.07, 6.45) is -0.203. The molecule has 1 heterocycles. The molecule has 1 aliphatic carbocycles. The first kappa shape index (κ1) is 26.5. The molecule has 3 atom stereocenters. The standard InChI is InChI=1S/C22H22F3N3O6S/c1-21(2)13(9-19(29)33-3)8-17(21)18-10-15(12-4-6-14(28-30)7-5-12)16(11-26)20(27-18)34-35(31,32)22(23,24)25/h4-7,10,13,17,19,29H,8-9H2,1-3H3/t13-,17+,19?/m0/s1. The van der Waals surface area contributed by atoms with E-state index in [0.29, 0.717) is 18.4 Å². The molecule has 1 saturated carbocycles. The largest absolute Gasteiger partial charge is 0.534 e. The molecule has 0 amide bonds. The van der Waals surface area contributed by atoms with Gasteiger partial charge in [-0.25, -0.2) is 4.98 Å². The lowest BCUT2D eigenvalue weighted by Gasteiger charge is -2.52. The highest BCUT2D eigenvalue weighted by molar-refractivity contribution is 7.87. The molecular weight excluding hydrogens is 491 g/mol. The number of nitriles is 1. The Kier molecular flexibility index (Phi) is 7.21. The van der Waals surface area contributed by atoms with Gasteiger partial charge in [-0.05, 0) is 46.7 Å². The number of aliphatic hydroxyl groups excluding tert-OH is 1. The first-order valence-electron chi connectivity index (χ1n) is 10.4. The lowest BCUT2D eigenvalue weighted by molar-refractivity contribution is -0.117. The molecule has 1 aromatic carbocycles. The number of hydrogen-bond acceptors (Lipinski definition) is 9. The SMILES string of the molecule is COC(O)C[C@@H]1C[C@H](c2cc(-c3ccc(N=O)cc3)c(C#N)c(OS(=O)(=O)C(F)(F)F)n2)C1(C)C. The van der Waals surface area contributed by atoms with Gasteiger partial charge in [0.15, 0.2) is 6.29 Å². The van der Waals surface area contributed by atoms with Crippen LogP contribution in [0.1, 0.15) is 43.9 Å². The summed E-state index contributed by atoms with van der Waals surface area (Å²) in [5.74, 6) is -1.37. The van der Waals surface area contributed by atoms with Gasteiger partial charge in [-0.2, -0.15) is 26.9 Å². The number of nitrogens with zero attached hydrogens (tertiary/aromatic N) is 3. The Hall–Kier alpha value is -3.08. The molecule has 1 aliphatic rings. The van der Waals surface area contributed by atoms with Gasteiger partial charge in [0.25, 0.3) is 5.88 Å². The van der Waals surface area contributed by atoms with Crippen LogP contribution in [0, 0.1) is 27.6 Å². The van der Waals surface area contributed by atoms with Crippen molar-refractivity contribution in [3.05, 3.63) is 46.5 Å². The summed E-state index contributed by atoms with van der Waals surface area (Å²) >= 11 is 0. The van der Waals surface area contributed by atoms with Gasteiger partial charge in [0.1, 0.15) is 17.3 Å². The van der Waals surface area contributed by atoms with Crippen molar-refractivity contribution in [1.82, 2.24) is 4.98 Å². The van der Waals surface area contributed by atoms with Crippen LogP contribution in [0.5, 0.6) is 5.88 Å². The maximum Gasteiger partial charge on any atom is 0.534 e.